The summed E-state index contributed by atoms with van der Waals surface area (Å²) in [5, 5.41) is 9.77. The van der Waals surface area contributed by atoms with Gasteiger partial charge in [0.25, 0.3) is 0 Å². The van der Waals surface area contributed by atoms with Gasteiger partial charge in [0.05, 0.1) is 8.95 Å². The number of nitrogens with zero attached hydrogens (tertiary/aromatic N) is 1. The largest absolute Gasteiger partial charge is 0.506 e. The first-order chi connectivity index (χ1) is 8.88. The van der Waals surface area contributed by atoms with Crippen LogP contribution in [0.15, 0.2) is 21.1 Å². The monoisotopic (exact) mass is 389 g/mol. The van der Waals surface area contributed by atoms with Crippen molar-refractivity contribution < 1.29 is 5.11 Å². The van der Waals surface area contributed by atoms with E-state index < -0.39 is 0 Å². The molecule has 19 heavy (non-hydrogen) atoms. The first kappa shape index (κ1) is 15.3. The van der Waals surface area contributed by atoms with Gasteiger partial charge in [0.15, 0.2) is 0 Å². The molecule has 2 rings (SSSR count). The van der Waals surface area contributed by atoms with E-state index in [0.717, 1.165) is 33.9 Å². The molecule has 0 saturated carbocycles. The molecular weight excluding hydrogens is 370 g/mol. The minimum Gasteiger partial charge on any atom is -0.506 e. The van der Waals surface area contributed by atoms with Crippen LogP contribution >= 0.6 is 31.9 Å². The number of halogens is 2. The van der Waals surface area contributed by atoms with Crippen LogP contribution < -0.4 is 0 Å². The summed E-state index contributed by atoms with van der Waals surface area (Å²) >= 11 is 6.80. The molecule has 3 unspecified atom stereocenters. The Bertz CT molecular complexity index is 440. The van der Waals surface area contributed by atoms with Gasteiger partial charge in [-0.25, -0.2) is 0 Å². The van der Waals surface area contributed by atoms with E-state index in [1.54, 1.807) is 0 Å². The lowest BCUT2D eigenvalue weighted by Crippen LogP contribution is -2.45. The third-order valence-corrected chi connectivity index (χ3v) is 5.39. The Morgan fingerprint density at radius 1 is 1.21 bits per heavy atom. The lowest BCUT2D eigenvalue weighted by atomic mass is 9.86. The molecule has 1 heterocycles. The predicted molar refractivity (Wildman–Crippen MR) is 86.3 cm³/mol. The minimum absolute atomic E-state index is 0.275. The quantitative estimate of drug-likeness (QED) is 0.784. The second-order valence-corrected chi connectivity index (χ2v) is 7.60. The zero-order valence-electron chi connectivity index (χ0n) is 11.7. The highest BCUT2D eigenvalue weighted by Gasteiger charge is 2.28. The molecule has 1 fully saturated rings. The first-order valence-electron chi connectivity index (χ1n) is 6.79. The molecule has 0 aliphatic carbocycles. The molecule has 1 aromatic carbocycles. The van der Waals surface area contributed by atoms with E-state index in [0.29, 0.717) is 6.04 Å². The lowest BCUT2D eigenvalue weighted by Gasteiger charge is -2.41. The summed E-state index contributed by atoms with van der Waals surface area (Å²) in [6.07, 6.45) is 1.32. The third-order valence-electron chi connectivity index (χ3n) is 4.18. The summed E-state index contributed by atoms with van der Waals surface area (Å²) in [7, 11) is 0. The molecule has 3 atom stereocenters. The zero-order chi connectivity index (χ0) is 14.2. The van der Waals surface area contributed by atoms with Gasteiger partial charge in [-0.05, 0) is 74.7 Å². The Labute approximate surface area is 132 Å². The molecule has 1 N–H and O–H groups in total. The summed E-state index contributed by atoms with van der Waals surface area (Å²) in [6, 6.07) is 4.63. The highest BCUT2D eigenvalue weighted by atomic mass is 79.9. The average Bonchev–Trinajstić information content (AvgIpc) is 2.32. The molecule has 0 spiro atoms. The lowest BCUT2D eigenvalue weighted by molar-refractivity contribution is 0.0729. The van der Waals surface area contributed by atoms with Crippen LogP contribution in [0.1, 0.15) is 32.8 Å². The number of aromatic hydroxyl groups is 1. The van der Waals surface area contributed by atoms with E-state index >= 15 is 0 Å². The average molecular weight is 391 g/mol. The number of piperidine rings is 1. The Morgan fingerprint density at radius 3 is 2.37 bits per heavy atom. The van der Waals surface area contributed by atoms with Gasteiger partial charge in [-0.3, -0.25) is 4.90 Å². The summed E-state index contributed by atoms with van der Waals surface area (Å²) in [5.41, 5.74) is 1.23. The van der Waals surface area contributed by atoms with Gasteiger partial charge in [0, 0.05) is 19.1 Å². The summed E-state index contributed by atoms with van der Waals surface area (Å²) in [4.78, 5) is 2.55. The fourth-order valence-electron chi connectivity index (χ4n) is 2.98. The van der Waals surface area contributed by atoms with E-state index in [9.17, 15) is 5.11 Å². The van der Waals surface area contributed by atoms with E-state index in [4.69, 9.17) is 0 Å². The molecule has 1 aliphatic rings. The van der Waals surface area contributed by atoms with Crippen LogP contribution in [0.3, 0.4) is 0 Å². The maximum Gasteiger partial charge on any atom is 0.143 e. The SMILES string of the molecule is CC1CC(C)C(C)N(Cc2cc(Br)c(O)c(Br)c2)C1. The molecular formula is C15H21Br2NO. The van der Waals surface area contributed by atoms with Gasteiger partial charge in [-0.1, -0.05) is 13.8 Å². The van der Waals surface area contributed by atoms with Crippen molar-refractivity contribution in [3.63, 3.8) is 0 Å². The number of benzene rings is 1. The maximum atomic E-state index is 9.77. The van der Waals surface area contributed by atoms with Crippen LogP contribution in [0.25, 0.3) is 0 Å². The van der Waals surface area contributed by atoms with Gasteiger partial charge in [-0.2, -0.15) is 0 Å². The Morgan fingerprint density at radius 2 is 1.79 bits per heavy atom. The van der Waals surface area contributed by atoms with Crippen molar-refractivity contribution in [3.05, 3.63) is 26.6 Å². The summed E-state index contributed by atoms with van der Waals surface area (Å²) in [6.45, 7) is 9.09. The summed E-state index contributed by atoms with van der Waals surface area (Å²) in [5.74, 6) is 1.78. The van der Waals surface area contributed by atoms with Crippen molar-refractivity contribution in [1.29, 1.82) is 0 Å². The number of hydrogen-bond donors (Lipinski definition) is 1. The second-order valence-electron chi connectivity index (χ2n) is 5.90. The van der Waals surface area contributed by atoms with Crippen LogP contribution in [0.5, 0.6) is 5.75 Å². The van der Waals surface area contributed by atoms with Crippen LogP contribution in [0, 0.1) is 11.8 Å². The van der Waals surface area contributed by atoms with Gasteiger partial charge in [0.1, 0.15) is 5.75 Å². The molecule has 0 bridgehead atoms. The number of hydrogen-bond acceptors (Lipinski definition) is 2. The topological polar surface area (TPSA) is 23.5 Å². The fourth-order valence-corrected chi connectivity index (χ4v) is 4.27. The van der Waals surface area contributed by atoms with Crippen LogP contribution in [0.4, 0.5) is 0 Å². The Hall–Kier alpha value is -0.0600. The highest BCUT2D eigenvalue weighted by molar-refractivity contribution is 9.11. The first-order valence-corrected chi connectivity index (χ1v) is 8.38. The molecule has 0 radical (unpaired) electrons. The fraction of sp³-hybridized carbons (Fsp3) is 0.600. The van der Waals surface area contributed by atoms with Crippen molar-refractivity contribution in [2.24, 2.45) is 11.8 Å². The van der Waals surface area contributed by atoms with Crippen LogP contribution in [-0.2, 0) is 6.54 Å². The van der Waals surface area contributed by atoms with E-state index in [-0.39, 0.29) is 5.75 Å². The molecule has 0 amide bonds. The van der Waals surface area contributed by atoms with Gasteiger partial charge in [0.2, 0.25) is 0 Å². The molecule has 1 aromatic rings. The molecule has 106 valence electrons. The number of likely N-dealkylation sites (tertiary alicyclic amines) is 1. The van der Waals surface area contributed by atoms with Crippen molar-refractivity contribution in [1.82, 2.24) is 4.90 Å². The van der Waals surface area contributed by atoms with Crippen molar-refractivity contribution in [2.75, 3.05) is 6.54 Å². The number of phenols is 1. The van der Waals surface area contributed by atoms with Crippen molar-refractivity contribution in [2.45, 2.75) is 39.8 Å². The van der Waals surface area contributed by atoms with Gasteiger partial charge < -0.3 is 5.11 Å². The molecule has 0 aromatic heterocycles. The standard InChI is InChI=1S/C15H21Br2NO/c1-9-4-10(2)11(3)18(7-9)8-12-5-13(16)15(19)14(17)6-12/h5-6,9-11,19H,4,7-8H2,1-3H3. The molecule has 2 nitrogen and oxygen atoms in total. The maximum absolute atomic E-state index is 9.77. The Kier molecular flexibility index (Phi) is 4.96. The molecule has 4 heteroatoms. The van der Waals surface area contributed by atoms with Crippen molar-refractivity contribution in [3.8, 4) is 5.75 Å². The van der Waals surface area contributed by atoms with E-state index in [2.05, 4.69) is 57.5 Å². The van der Waals surface area contributed by atoms with Crippen molar-refractivity contribution >= 4 is 31.9 Å². The molecule has 1 aliphatic heterocycles. The second kappa shape index (κ2) is 6.15. The van der Waals surface area contributed by atoms with Crippen LogP contribution in [-0.4, -0.2) is 22.6 Å². The normalized spacial score (nSPS) is 28.6. The third kappa shape index (κ3) is 3.53. The van der Waals surface area contributed by atoms with Crippen LogP contribution in [0.2, 0.25) is 0 Å². The van der Waals surface area contributed by atoms with Gasteiger partial charge >= 0.3 is 0 Å². The van der Waals surface area contributed by atoms with Gasteiger partial charge in [-0.15, -0.1) is 0 Å². The number of rotatable bonds is 2. The Balaban J connectivity index is 2.16. The predicted octanol–water partition coefficient (Wildman–Crippen LogP) is 4.78. The van der Waals surface area contributed by atoms with E-state index in [1.165, 1.54) is 12.0 Å². The molecule has 1 saturated heterocycles. The minimum atomic E-state index is 0.275. The van der Waals surface area contributed by atoms with E-state index in [1.807, 2.05) is 12.1 Å². The zero-order valence-corrected chi connectivity index (χ0v) is 14.8. The smallest absolute Gasteiger partial charge is 0.143 e. The number of phenolic OH excluding ortho intramolecular Hbond substituents is 1. The highest BCUT2D eigenvalue weighted by Crippen LogP contribution is 2.35. The summed E-state index contributed by atoms with van der Waals surface area (Å²) < 4.78 is 1.50.